The molecule has 2 rings (SSSR count). The maximum absolute atomic E-state index is 11.3. The summed E-state index contributed by atoms with van der Waals surface area (Å²) in [6.45, 7) is 0.899. The van der Waals surface area contributed by atoms with Gasteiger partial charge in [0.05, 0.1) is 6.61 Å². The Kier molecular flexibility index (Phi) is 2.72. The topological polar surface area (TPSA) is 49.8 Å². The van der Waals surface area contributed by atoms with Crippen LogP contribution in [0.2, 0.25) is 0 Å². The third-order valence-corrected chi connectivity index (χ3v) is 4.48. The molecule has 0 bridgehead atoms. The third kappa shape index (κ3) is 1.43. The lowest BCUT2D eigenvalue weighted by molar-refractivity contribution is -0.152. The van der Waals surface area contributed by atoms with Crippen LogP contribution in [0.25, 0.3) is 0 Å². The van der Waals surface area contributed by atoms with E-state index in [0.717, 1.165) is 11.5 Å². The zero-order valence-corrected chi connectivity index (χ0v) is 9.05. The summed E-state index contributed by atoms with van der Waals surface area (Å²) in [5.74, 6) is 1.35. The minimum atomic E-state index is -0.758. The van der Waals surface area contributed by atoms with Crippen molar-refractivity contribution in [3.63, 3.8) is 0 Å². The number of rotatable bonds is 3. The molecule has 0 aromatic carbocycles. The summed E-state index contributed by atoms with van der Waals surface area (Å²) in [6.07, 6.45) is 0.611. The van der Waals surface area contributed by atoms with E-state index in [1.807, 2.05) is 23.7 Å². The highest BCUT2D eigenvalue weighted by Gasteiger charge is 2.49. The Labute approximate surface area is 87.6 Å². The SMILES string of the molecule is CN(C1CSC1)C1(C(=O)O)CCOC1. The van der Waals surface area contributed by atoms with Crippen molar-refractivity contribution in [3.05, 3.63) is 0 Å². The lowest BCUT2D eigenvalue weighted by Gasteiger charge is -2.43. The molecule has 5 heteroatoms. The molecule has 0 amide bonds. The molecular weight excluding hydrogens is 202 g/mol. The van der Waals surface area contributed by atoms with E-state index < -0.39 is 11.5 Å². The van der Waals surface area contributed by atoms with E-state index in [0.29, 0.717) is 25.7 Å². The standard InChI is InChI=1S/C9H15NO3S/c1-10(7-4-14-5-7)9(8(11)12)2-3-13-6-9/h7H,2-6H2,1H3,(H,11,12). The van der Waals surface area contributed by atoms with Crippen LogP contribution in [0.5, 0.6) is 0 Å². The van der Waals surface area contributed by atoms with E-state index in [4.69, 9.17) is 4.74 Å². The summed E-state index contributed by atoms with van der Waals surface area (Å²) >= 11 is 1.87. The van der Waals surface area contributed by atoms with Crippen LogP contribution in [0.15, 0.2) is 0 Å². The molecule has 0 aromatic rings. The minimum Gasteiger partial charge on any atom is -0.480 e. The van der Waals surface area contributed by atoms with E-state index in [-0.39, 0.29) is 0 Å². The van der Waals surface area contributed by atoms with Crippen molar-refractivity contribution in [2.75, 3.05) is 31.8 Å². The number of ether oxygens (including phenoxy) is 1. The van der Waals surface area contributed by atoms with E-state index in [9.17, 15) is 9.90 Å². The van der Waals surface area contributed by atoms with E-state index >= 15 is 0 Å². The van der Waals surface area contributed by atoms with Gasteiger partial charge in [0.25, 0.3) is 0 Å². The van der Waals surface area contributed by atoms with Crippen molar-refractivity contribution in [1.29, 1.82) is 0 Å². The highest BCUT2D eigenvalue weighted by Crippen LogP contribution is 2.32. The number of hydrogen-bond donors (Lipinski definition) is 1. The van der Waals surface area contributed by atoms with Crippen LogP contribution >= 0.6 is 11.8 Å². The first kappa shape index (κ1) is 10.3. The number of carbonyl (C=O) groups is 1. The maximum Gasteiger partial charge on any atom is 0.326 e. The molecule has 0 aromatic heterocycles. The fourth-order valence-electron chi connectivity index (χ4n) is 1.95. The average molecular weight is 217 g/mol. The van der Waals surface area contributed by atoms with Gasteiger partial charge in [-0.3, -0.25) is 9.69 Å². The minimum absolute atomic E-state index is 0.333. The average Bonchev–Trinajstić information content (AvgIpc) is 2.49. The number of thioether (sulfide) groups is 1. The summed E-state index contributed by atoms with van der Waals surface area (Å²) in [7, 11) is 1.91. The van der Waals surface area contributed by atoms with Gasteiger partial charge in [-0.1, -0.05) is 0 Å². The first-order chi connectivity index (χ1) is 6.67. The number of carboxylic acid groups (broad SMARTS) is 1. The van der Waals surface area contributed by atoms with Gasteiger partial charge in [-0.2, -0.15) is 11.8 Å². The van der Waals surface area contributed by atoms with E-state index in [2.05, 4.69) is 0 Å². The predicted octanol–water partition coefficient (Wildman–Crippen LogP) is 0.277. The lowest BCUT2D eigenvalue weighted by Crippen LogP contribution is -2.60. The van der Waals surface area contributed by atoms with Gasteiger partial charge in [-0.25, -0.2) is 0 Å². The maximum atomic E-state index is 11.3. The van der Waals surface area contributed by atoms with E-state index in [1.165, 1.54) is 0 Å². The van der Waals surface area contributed by atoms with Gasteiger partial charge >= 0.3 is 5.97 Å². The molecule has 2 fully saturated rings. The predicted molar refractivity (Wildman–Crippen MR) is 54.7 cm³/mol. The van der Waals surface area contributed by atoms with Crippen molar-refractivity contribution in [2.45, 2.75) is 18.0 Å². The molecule has 0 spiro atoms. The number of likely N-dealkylation sites (N-methyl/N-ethyl adjacent to an activating group) is 1. The van der Waals surface area contributed by atoms with E-state index in [1.54, 1.807) is 0 Å². The molecule has 0 aliphatic carbocycles. The van der Waals surface area contributed by atoms with Crippen LogP contribution in [-0.4, -0.2) is 59.3 Å². The summed E-state index contributed by atoms with van der Waals surface area (Å²) in [5, 5.41) is 9.27. The first-order valence-corrected chi connectivity index (χ1v) is 5.94. The van der Waals surface area contributed by atoms with Crippen molar-refractivity contribution < 1.29 is 14.6 Å². The van der Waals surface area contributed by atoms with Crippen LogP contribution < -0.4 is 0 Å². The van der Waals surface area contributed by atoms with Gasteiger partial charge in [-0.05, 0) is 7.05 Å². The zero-order valence-electron chi connectivity index (χ0n) is 8.23. The molecule has 80 valence electrons. The van der Waals surface area contributed by atoms with Crippen molar-refractivity contribution >= 4 is 17.7 Å². The summed E-state index contributed by atoms with van der Waals surface area (Å²) < 4.78 is 5.23. The molecule has 1 N–H and O–H groups in total. The van der Waals surface area contributed by atoms with Crippen LogP contribution in [0.3, 0.4) is 0 Å². The molecule has 4 nitrogen and oxygen atoms in total. The number of hydrogen-bond acceptors (Lipinski definition) is 4. The van der Waals surface area contributed by atoms with Gasteiger partial charge in [0.1, 0.15) is 5.54 Å². The molecule has 2 aliphatic heterocycles. The molecule has 1 atom stereocenters. The molecular formula is C9H15NO3S. The van der Waals surface area contributed by atoms with Crippen LogP contribution in [0.1, 0.15) is 6.42 Å². The Bertz CT molecular complexity index is 236. The van der Waals surface area contributed by atoms with Crippen molar-refractivity contribution in [3.8, 4) is 0 Å². The van der Waals surface area contributed by atoms with Gasteiger partial charge in [0.15, 0.2) is 0 Å². The van der Waals surface area contributed by atoms with Crippen LogP contribution in [0.4, 0.5) is 0 Å². The Morgan fingerprint density at radius 2 is 2.36 bits per heavy atom. The van der Waals surface area contributed by atoms with Gasteiger partial charge < -0.3 is 9.84 Å². The van der Waals surface area contributed by atoms with Crippen molar-refractivity contribution in [2.24, 2.45) is 0 Å². The highest BCUT2D eigenvalue weighted by atomic mass is 32.2. The third-order valence-electron chi connectivity index (χ3n) is 3.24. The van der Waals surface area contributed by atoms with Gasteiger partial charge in [0, 0.05) is 30.6 Å². The largest absolute Gasteiger partial charge is 0.480 e. The van der Waals surface area contributed by atoms with Gasteiger partial charge in [-0.15, -0.1) is 0 Å². The van der Waals surface area contributed by atoms with Crippen LogP contribution in [0, 0.1) is 0 Å². The monoisotopic (exact) mass is 217 g/mol. The summed E-state index contributed by atoms with van der Waals surface area (Å²) in [4.78, 5) is 13.3. The Balaban J connectivity index is 2.12. The fraction of sp³-hybridized carbons (Fsp3) is 0.889. The first-order valence-electron chi connectivity index (χ1n) is 4.79. The molecule has 2 aliphatic rings. The smallest absolute Gasteiger partial charge is 0.326 e. The Hall–Kier alpha value is -0.260. The summed E-state index contributed by atoms with van der Waals surface area (Å²) in [6, 6.07) is 0.415. The lowest BCUT2D eigenvalue weighted by atomic mass is 9.95. The Morgan fingerprint density at radius 3 is 2.71 bits per heavy atom. The molecule has 1 unspecified atom stereocenters. The van der Waals surface area contributed by atoms with Crippen LogP contribution in [-0.2, 0) is 9.53 Å². The fourth-order valence-corrected chi connectivity index (χ4v) is 2.84. The molecule has 14 heavy (non-hydrogen) atoms. The normalized spacial score (nSPS) is 33.3. The number of carboxylic acids is 1. The summed E-state index contributed by atoms with van der Waals surface area (Å²) in [5.41, 5.74) is -0.758. The quantitative estimate of drug-likeness (QED) is 0.735. The molecule has 0 saturated carbocycles. The second kappa shape index (κ2) is 3.72. The highest BCUT2D eigenvalue weighted by molar-refractivity contribution is 8.00. The second-order valence-electron chi connectivity index (χ2n) is 3.94. The number of aliphatic carboxylic acids is 1. The molecule has 2 saturated heterocycles. The Morgan fingerprint density at radius 1 is 1.64 bits per heavy atom. The second-order valence-corrected chi connectivity index (χ2v) is 5.02. The van der Waals surface area contributed by atoms with Gasteiger partial charge in [0.2, 0.25) is 0 Å². The molecule has 0 radical (unpaired) electrons. The number of nitrogens with zero attached hydrogens (tertiary/aromatic N) is 1. The zero-order chi connectivity index (χ0) is 10.2. The molecule has 2 heterocycles. The van der Waals surface area contributed by atoms with Crippen molar-refractivity contribution in [1.82, 2.24) is 4.90 Å².